The maximum Gasteiger partial charge on any atom is 0.321 e. The number of carbonyl (C=O) groups excluding carboxylic acids is 2. The largest absolute Gasteiger partial charge is 0.395 e. The summed E-state index contributed by atoms with van der Waals surface area (Å²) in [5, 5.41) is 11.7. The van der Waals surface area contributed by atoms with E-state index in [0.717, 1.165) is 0 Å². The summed E-state index contributed by atoms with van der Waals surface area (Å²) in [6.07, 6.45) is 0. The van der Waals surface area contributed by atoms with Crippen molar-refractivity contribution in [3.05, 3.63) is 65.7 Å². The van der Waals surface area contributed by atoms with Crippen LogP contribution in [0.15, 0.2) is 54.6 Å². The number of amides is 2. The molecule has 23 heavy (non-hydrogen) atoms. The standard InChI is InChI=1S/C18H20N2O3/c1-2-20(11-12-21)18(23)19-16-10-6-9-15(13-16)17(22)14-7-4-3-5-8-14/h3-10,13,21H,2,11-12H2,1H3,(H,19,23). The summed E-state index contributed by atoms with van der Waals surface area (Å²) in [6.45, 7) is 2.51. The number of hydrogen-bond acceptors (Lipinski definition) is 3. The van der Waals surface area contributed by atoms with Gasteiger partial charge >= 0.3 is 6.03 Å². The van der Waals surface area contributed by atoms with E-state index in [0.29, 0.717) is 23.4 Å². The summed E-state index contributed by atoms with van der Waals surface area (Å²) in [6, 6.07) is 15.5. The summed E-state index contributed by atoms with van der Waals surface area (Å²) in [4.78, 5) is 26.0. The third kappa shape index (κ3) is 4.40. The second kappa shape index (κ2) is 8.10. The lowest BCUT2D eigenvalue weighted by atomic mass is 10.0. The Morgan fingerprint density at radius 2 is 1.74 bits per heavy atom. The normalized spacial score (nSPS) is 10.2. The molecule has 0 heterocycles. The molecule has 2 aromatic rings. The van der Waals surface area contributed by atoms with Crippen LogP contribution in [0, 0.1) is 0 Å². The minimum atomic E-state index is -0.300. The Kier molecular flexibility index (Phi) is 5.88. The summed E-state index contributed by atoms with van der Waals surface area (Å²) in [5.74, 6) is -0.0931. The molecule has 0 bridgehead atoms. The first-order chi connectivity index (χ1) is 11.2. The summed E-state index contributed by atoms with van der Waals surface area (Å²) < 4.78 is 0. The molecule has 0 saturated carbocycles. The third-order valence-corrected chi connectivity index (χ3v) is 3.45. The van der Waals surface area contributed by atoms with E-state index in [1.807, 2.05) is 25.1 Å². The van der Waals surface area contributed by atoms with E-state index in [1.54, 1.807) is 36.4 Å². The fourth-order valence-electron chi connectivity index (χ4n) is 2.22. The van der Waals surface area contributed by atoms with Crippen molar-refractivity contribution in [3.63, 3.8) is 0 Å². The van der Waals surface area contributed by atoms with Crippen molar-refractivity contribution in [1.29, 1.82) is 0 Å². The smallest absolute Gasteiger partial charge is 0.321 e. The van der Waals surface area contributed by atoms with Crippen molar-refractivity contribution < 1.29 is 14.7 Å². The van der Waals surface area contributed by atoms with Crippen LogP contribution in [0.2, 0.25) is 0 Å². The topological polar surface area (TPSA) is 69.6 Å². The summed E-state index contributed by atoms with van der Waals surface area (Å²) >= 11 is 0. The Bertz CT molecular complexity index is 671. The highest BCUT2D eigenvalue weighted by Crippen LogP contribution is 2.15. The van der Waals surface area contributed by atoms with E-state index in [4.69, 9.17) is 5.11 Å². The van der Waals surface area contributed by atoms with E-state index in [2.05, 4.69) is 5.32 Å². The Morgan fingerprint density at radius 1 is 1.04 bits per heavy atom. The van der Waals surface area contributed by atoms with Crippen LogP contribution < -0.4 is 5.32 Å². The fraction of sp³-hybridized carbons (Fsp3) is 0.222. The number of urea groups is 1. The predicted molar refractivity (Wildman–Crippen MR) is 89.7 cm³/mol. The number of nitrogens with zero attached hydrogens (tertiary/aromatic N) is 1. The van der Waals surface area contributed by atoms with Crippen molar-refractivity contribution in [1.82, 2.24) is 4.90 Å². The SMILES string of the molecule is CCN(CCO)C(=O)Nc1cccc(C(=O)c2ccccc2)c1. The van der Waals surface area contributed by atoms with E-state index in [1.165, 1.54) is 4.90 Å². The molecule has 0 saturated heterocycles. The average Bonchev–Trinajstić information content (AvgIpc) is 2.60. The van der Waals surface area contributed by atoms with Gasteiger partial charge in [-0.25, -0.2) is 4.79 Å². The van der Waals surface area contributed by atoms with Gasteiger partial charge in [0, 0.05) is 29.9 Å². The molecule has 120 valence electrons. The first kappa shape index (κ1) is 16.7. The monoisotopic (exact) mass is 312 g/mol. The first-order valence-corrected chi connectivity index (χ1v) is 7.52. The molecular weight excluding hydrogens is 292 g/mol. The lowest BCUT2D eigenvalue weighted by molar-refractivity contribution is 0.103. The van der Waals surface area contributed by atoms with Gasteiger partial charge in [-0.1, -0.05) is 42.5 Å². The van der Waals surface area contributed by atoms with Crippen LogP contribution in [0.25, 0.3) is 0 Å². The zero-order chi connectivity index (χ0) is 16.7. The summed E-state index contributed by atoms with van der Waals surface area (Å²) in [7, 11) is 0. The van der Waals surface area contributed by atoms with Crippen LogP contribution in [-0.2, 0) is 0 Å². The van der Waals surface area contributed by atoms with Crippen molar-refractivity contribution in [2.75, 3.05) is 25.0 Å². The Hall–Kier alpha value is -2.66. The van der Waals surface area contributed by atoms with Gasteiger partial charge in [0.05, 0.1) is 6.61 Å². The lowest BCUT2D eigenvalue weighted by Crippen LogP contribution is -2.36. The number of rotatable bonds is 6. The molecular formula is C18H20N2O3. The highest BCUT2D eigenvalue weighted by atomic mass is 16.3. The molecule has 0 atom stereocenters. The molecule has 0 aromatic heterocycles. The average molecular weight is 312 g/mol. The Labute approximate surface area is 135 Å². The van der Waals surface area contributed by atoms with Crippen LogP contribution in [0.4, 0.5) is 10.5 Å². The van der Waals surface area contributed by atoms with Crippen molar-refractivity contribution >= 4 is 17.5 Å². The minimum absolute atomic E-state index is 0.0895. The van der Waals surface area contributed by atoms with Crippen molar-refractivity contribution in [2.45, 2.75) is 6.92 Å². The highest BCUT2D eigenvalue weighted by Gasteiger charge is 2.13. The Balaban J connectivity index is 2.14. The number of nitrogens with one attached hydrogen (secondary N) is 1. The quantitative estimate of drug-likeness (QED) is 0.806. The van der Waals surface area contributed by atoms with Crippen LogP contribution in [0.1, 0.15) is 22.8 Å². The molecule has 0 spiro atoms. The molecule has 0 fully saturated rings. The molecule has 0 aliphatic heterocycles. The number of ketones is 1. The molecule has 2 aromatic carbocycles. The zero-order valence-electron chi connectivity index (χ0n) is 13.0. The fourth-order valence-corrected chi connectivity index (χ4v) is 2.22. The Morgan fingerprint density at radius 3 is 2.39 bits per heavy atom. The minimum Gasteiger partial charge on any atom is -0.395 e. The van der Waals surface area contributed by atoms with Gasteiger partial charge in [0.25, 0.3) is 0 Å². The molecule has 0 radical (unpaired) electrons. The van der Waals surface area contributed by atoms with Gasteiger partial charge in [-0.15, -0.1) is 0 Å². The highest BCUT2D eigenvalue weighted by molar-refractivity contribution is 6.09. The van der Waals surface area contributed by atoms with Gasteiger partial charge in [-0.3, -0.25) is 4.79 Å². The number of carbonyl (C=O) groups is 2. The molecule has 0 aliphatic rings. The van der Waals surface area contributed by atoms with Crippen molar-refractivity contribution in [3.8, 4) is 0 Å². The molecule has 0 unspecified atom stereocenters. The molecule has 2 N–H and O–H groups in total. The number of aliphatic hydroxyl groups excluding tert-OH is 1. The van der Waals surface area contributed by atoms with Crippen molar-refractivity contribution in [2.24, 2.45) is 0 Å². The van der Waals surface area contributed by atoms with Gasteiger partial charge in [-0.05, 0) is 19.1 Å². The molecule has 2 rings (SSSR count). The maximum absolute atomic E-state index is 12.4. The van der Waals surface area contributed by atoms with Gasteiger partial charge in [-0.2, -0.15) is 0 Å². The van der Waals surface area contributed by atoms with Gasteiger partial charge in [0.2, 0.25) is 0 Å². The third-order valence-electron chi connectivity index (χ3n) is 3.45. The van der Waals surface area contributed by atoms with E-state index < -0.39 is 0 Å². The van der Waals surface area contributed by atoms with E-state index >= 15 is 0 Å². The predicted octanol–water partition coefficient (Wildman–Crippen LogP) is 2.76. The number of anilines is 1. The van der Waals surface area contributed by atoms with Gasteiger partial charge < -0.3 is 15.3 Å². The summed E-state index contributed by atoms with van der Waals surface area (Å²) in [5.41, 5.74) is 1.67. The molecule has 0 aliphatic carbocycles. The number of likely N-dealkylation sites (N-methyl/N-ethyl adjacent to an activating group) is 1. The molecule has 5 heteroatoms. The maximum atomic E-state index is 12.4. The second-order valence-corrected chi connectivity index (χ2v) is 5.01. The van der Waals surface area contributed by atoms with Crippen LogP contribution in [0.5, 0.6) is 0 Å². The van der Waals surface area contributed by atoms with Gasteiger partial charge in [0.15, 0.2) is 5.78 Å². The second-order valence-electron chi connectivity index (χ2n) is 5.01. The van der Waals surface area contributed by atoms with Crippen LogP contribution in [-0.4, -0.2) is 41.5 Å². The molecule has 2 amide bonds. The zero-order valence-corrected chi connectivity index (χ0v) is 13.0. The van der Waals surface area contributed by atoms with E-state index in [9.17, 15) is 9.59 Å². The lowest BCUT2D eigenvalue weighted by Gasteiger charge is -2.20. The first-order valence-electron chi connectivity index (χ1n) is 7.52. The number of hydrogen-bond donors (Lipinski definition) is 2. The van der Waals surface area contributed by atoms with Gasteiger partial charge in [0.1, 0.15) is 0 Å². The number of benzene rings is 2. The van der Waals surface area contributed by atoms with E-state index in [-0.39, 0.29) is 25.0 Å². The molecule has 5 nitrogen and oxygen atoms in total. The van der Waals surface area contributed by atoms with Crippen LogP contribution >= 0.6 is 0 Å². The number of aliphatic hydroxyl groups is 1. The van der Waals surface area contributed by atoms with Crippen LogP contribution in [0.3, 0.4) is 0 Å².